The molecule has 1 aliphatic rings. The number of nitrogens with one attached hydrogen (secondary N) is 1. The van der Waals surface area contributed by atoms with Crippen LogP contribution in [0.3, 0.4) is 0 Å². The Kier molecular flexibility index (Phi) is 6.29. The fourth-order valence-corrected chi connectivity index (χ4v) is 4.63. The number of likely N-dealkylation sites (N-methyl/N-ethyl adjacent to an activating group) is 1. The Morgan fingerprint density at radius 1 is 1.00 bits per heavy atom. The van der Waals surface area contributed by atoms with Gasteiger partial charge in [0.1, 0.15) is 5.65 Å². The normalized spacial score (nSPS) is 15.4. The lowest BCUT2D eigenvalue weighted by atomic mass is 9.96. The van der Waals surface area contributed by atoms with Crippen molar-refractivity contribution in [2.45, 2.75) is 12.3 Å². The lowest BCUT2D eigenvalue weighted by molar-refractivity contribution is -0.130. The molecule has 1 aliphatic heterocycles. The van der Waals surface area contributed by atoms with Crippen LogP contribution in [0, 0.1) is 0 Å². The summed E-state index contributed by atoms with van der Waals surface area (Å²) >= 11 is 0. The van der Waals surface area contributed by atoms with E-state index in [2.05, 4.69) is 46.1 Å². The number of nitrogens with zero attached hydrogens (tertiary/aromatic N) is 4. The number of carbonyl (C=O) groups excluding carboxylic acids is 1. The molecule has 3 heterocycles. The summed E-state index contributed by atoms with van der Waals surface area (Å²) in [7, 11) is 2.16. The Hall–Kier alpha value is -3.68. The van der Waals surface area contributed by atoms with E-state index in [9.17, 15) is 10.0 Å². The Balaban J connectivity index is 1.40. The number of rotatable bonds is 6. The highest BCUT2D eigenvalue weighted by Gasteiger charge is 2.24. The number of amides is 1. The fraction of sp³-hybridized carbons (Fsp3) is 0.259. The largest absolute Gasteiger partial charge is 0.369 e. The molecule has 0 saturated carbocycles. The summed E-state index contributed by atoms with van der Waals surface area (Å²) in [6, 6.07) is 22.5. The van der Waals surface area contributed by atoms with Gasteiger partial charge in [-0.2, -0.15) is 0 Å². The standard InChI is InChI=1S/C27H29N5O2/c1-30-13-15-31(16-14-30)23-9-7-21(8-10-23)22-11-12-32-25(19-28-26(32)18-22)24(27(33)29-34)17-20-5-3-2-4-6-20/h2-12,18-19,24,34H,13-17H2,1H3,(H,29,33). The number of benzene rings is 2. The first-order chi connectivity index (χ1) is 16.6. The maximum absolute atomic E-state index is 12.5. The number of pyridine rings is 1. The molecule has 0 aliphatic carbocycles. The van der Waals surface area contributed by atoms with Gasteiger partial charge in [0.2, 0.25) is 0 Å². The monoisotopic (exact) mass is 455 g/mol. The quantitative estimate of drug-likeness (QED) is 0.343. The highest BCUT2D eigenvalue weighted by Crippen LogP contribution is 2.27. The smallest absolute Gasteiger partial charge is 0.252 e. The first kappa shape index (κ1) is 22.1. The van der Waals surface area contributed by atoms with Crippen LogP contribution in [0.15, 0.2) is 79.1 Å². The molecule has 1 saturated heterocycles. The summed E-state index contributed by atoms with van der Waals surface area (Å²) in [6.07, 6.45) is 4.14. The topological polar surface area (TPSA) is 73.1 Å². The predicted molar refractivity (Wildman–Crippen MR) is 133 cm³/mol. The molecule has 2 aromatic carbocycles. The van der Waals surface area contributed by atoms with Gasteiger partial charge in [-0.25, -0.2) is 10.5 Å². The molecular formula is C27H29N5O2. The average molecular weight is 456 g/mol. The third kappa shape index (κ3) is 4.53. The zero-order valence-electron chi connectivity index (χ0n) is 19.3. The zero-order valence-corrected chi connectivity index (χ0v) is 19.3. The molecule has 174 valence electrons. The Morgan fingerprint density at radius 3 is 2.44 bits per heavy atom. The molecule has 1 amide bonds. The highest BCUT2D eigenvalue weighted by molar-refractivity contribution is 5.83. The Morgan fingerprint density at radius 2 is 1.74 bits per heavy atom. The van der Waals surface area contributed by atoms with Gasteiger partial charge in [0, 0.05) is 38.1 Å². The summed E-state index contributed by atoms with van der Waals surface area (Å²) in [5.41, 5.74) is 7.79. The van der Waals surface area contributed by atoms with Crippen LogP contribution in [-0.2, 0) is 11.2 Å². The minimum Gasteiger partial charge on any atom is -0.369 e. The van der Waals surface area contributed by atoms with Crippen LogP contribution < -0.4 is 10.4 Å². The maximum Gasteiger partial charge on any atom is 0.252 e. The lowest BCUT2D eigenvalue weighted by Gasteiger charge is -2.34. The molecule has 7 heteroatoms. The van der Waals surface area contributed by atoms with Gasteiger partial charge in [0.25, 0.3) is 5.91 Å². The molecule has 1 atom stereocenters. The second-order valence-corrected chi connectivity index (χ2v) is 8.88. The van der Waals surface area contributed by atoms with E-state index in [1.165, 1.54) is 5.69 Å². The van der Waals surface area contributed by atoms with Gasteiger partial charge in [0.15, 0.2) is 0 Å². The minimum atomic E-state index is -0.559. The van der Waals surface area contributed by atoms with Crippen molar-refractivity contribution in [2.75, 3.05) is 38.1 Å². The summed E-state index contributed by atoms with van der Waals surface area (Å²) in [5, 5.41) is 9.34. The van der Waals surface area contributed by atoms with Crippen molar-refractivity contribution >= 4 is 17.2 Å². The van der Waals surface area contributed by atoms with E-state index in [1.54, 1.807) is 6.20 Å². The molecule has 0 radical (unpaired) electrons. The summed E-state index contributed by atoms with van der Waals surface area (Å²) in [5.74, 6) is -1.01. The lowest BCUT2D eigenvalue weighted by Crippen LogP contribution is -2.44. The highest BCUT2D eigenvalue weighted by atomic mass is 16.5. The molecule has 4 aromatic rings. The van der Waals surface area contributed by atoms with Crippen LogP contribution in [0.25, 0.3) is 16.8 Å². The Labute approximate surface area is 199 Å². The molecule has 0 bridgehead atoms. The average Bonchev–Trinajstić information content (AvgIpc) is 3.31. The van der Waals surface area contributed by atoms with Crippen LogP contribution in [0.1, 0.15) is 17.2 Å². The minimum absolute atomic E-state index is 0.450. The molecule has 1 fully saturated rings. The molecule has 7 nitrogen and oxygen atoms in total. The number of piperazine rings is 1. The second-order valence-electron chi connectivity index (χ2n) is 8.88. The summed E-state index contributed by atoms with van der Waals surface area (Å²) in [6.45, 7) is 4.26. The molecule has 34 heavy (non-hydrogen) atoms. The molecule has 2 N–H and O–H groups in total. The Bertz CT molecular complexity index is 1260. The van der Waals surface area contributed by atoms with E-state index >= 15 is 0 Å². The molecule has 0 spiro atoms. The number of anilines is 1. The number of aromatic nitrogens is 2. The third-order valence-electron chi connectivity index (χ3n) is 6.68. The second kappa shape index (κ2) is 9.67. The number of carbonyl (C=O) groups is 1. The predicted octanol–water partition coefficient (Wildman–Crippen LogP) is 3.58. The zero-order chi connectivity index (χ0) is 23.5. The van der Waals surface area contributed by atoms with Crippen molar-refractivity contribution < 1.29 is 10.0 Å². The van der Waals surface area contributed by atoms with Crippen molar-refractivity contribution in [1.29, 1.82) is 0 Å². The first-order valence-electron chi connectivity index (χ1n) is 11.6. The van der Waals surface area contributed by atoms with Crippen molar-refractivity contribution in [1.82, 2.24) is 19.8 Å². The van der Waals surface area contributed by atoms with E-state index < -0.39 is 11.8 Å². The van der Waals surface area contributed by atoms with Gasteiger partial charge in [-0.15, -0.1) is 0 Å². The first-order valence-corrected chi connectivity index (χ1v) is 11.6. The molecule has 2 aromatic heterocycles. The maximum atomic E-state index is 12.5. The van der Waals surface area contributed by atoms with Crippen LogP contribution >= 0.6 is 0 Å². The summed E-state index contributed by atoms with van der Waals surface area (Å²) in [4.78, 5) is 21.9. The van der Waals surface area contributed by atoms with Crippen molar-refractivity contribution in [3.05, 3.63) is 90.4 Å². The van der Waals surface area contributed by atoms with Gasteiger partial charge < -0.3 is 14.2 Å². The third-order valence-corrected chi connectivity index (χ3v) is 6.68. The van der Waals surface area contributed by atoms with Gasteiger partial charge in [-0.3, -0.25) is 10.0 Å². The van der Waals surface area contributed by atoms with Gasteiger partial charge in [-0.1, -0.05) is 42.5 Å². The summed E-state index contributed by atoms with van der Waals surface area (Å²) < 4.78 is 1.92. The van der Waals surface area contributed by atoms with E-state index in [4.69, 9.17) is 0 Å². The van der Waals surface area contributed by atoms with Crippen LogP contribution in [-0.4, -0.2) is 58.6 Å². The number of hydrogen-bond acceptors (Lipinski definition) is 5. The fourth-order valence-electron chi connectivity index (χ4n) is 4.63. The van der Waals surface area contributed by atoms with Crippen molar-refractivity contribution in [2.24, 2.45) is 0 Å². The number of imidazole rings is 1. The van der Waals surface area contributed by atoms with Crippen LogP contribution in [0.2, 0.25) is 0 Å². The SMILES string of the molecule is CN1CCN(c2ccc(-c3ccn4c(C(Cc5ccccc5)C(=O)NO)cnc4c3)cc2)CC1. The van der Waals surface area contributed by atoms with Gasteiger partial charge >= 0.3 is 0 Å². The van der Waals surface area contributed by atoms with Crippen LogP contribution in [0.5, 0.6) is 0 Å². The number of hydrogen-bond donors (Lipinski definition) is 2. The number of hydroxylamine groups is 1. The van der Waals surface area contributed by atoms with Crippen LogP contribution in [0.4, 0.5) is 5.69 Å². The molecule has 1 unspecified atom stereocenters. The number of fused-ring (bicyclic) bond motifs is 1. The van der Waals surface area contributed by atoms with Crippen molar-refractivity contribution in [3.8, 4) is 11.1 Å². The van der Waals surface area contributed by atoms with Crippen molar-refractivity contribution in [3.63, 3.8) is 0 Å². The van der Waals surface area contributed by atoms with Gasteiger partial charge in [0.05, 0.1) is 17.8 Å². The van der Waals surface area contributed by atoms with E-state index in [-0.39, 0.29) is 0 Å². The van der Waals surface area contributed by atoms with E-state index in [1.807, 2.05) is 58.5 Å². The molecule has 5 rings (SSSR count). The van der Waals surface area contributed by atoms with Gasteiger partial charge in [-0.05, 0) is 54.4 Å². The molecular weight excluding hydrogens is 426 g/mol. The van der Waals surface area contributed by atoms with E-state index in [0.29, 0.717) is 6.42 Å². The van der Waals surface area contributed by atoms with E-state index in [0.717, 1.165) is 54.2 Å².